The molecule has 8 heteroatoms. The number of nitrogens with zero attached hydrogens (tertiary/aromatic N) is 1. The van der Waals surface area contributed by atoms with E-state index in [1.807, 2.05) is 0 Å². The van der Waals surface area contributed by atoms with Crippen molar-refractivity contribution in [3.8, 4) is 0 Å². The Kier molecular flexibility index (Phi) is 4.98. The minimum atomic E-state index is -0.914. The van der Waals surface area contributed by atoms with Gasteiger partial charge in [-0.1, -0.05) is 23.2 Å². The highest BCUT2D eigenvalue weighted by atomic mass is 35.5. The average molecular weight is 432 g/mol. The number of benzene rings is 1. The Morgan fingerprint density at radius 1 is 1.14 bits per heavy atom. The number of likely N-dealkylation sites (tertiary alicyclic amines) is 1. The number of aryl methyl sites for hydroxylation is 1. The van der Waals surface area contributed by atoms with Crippen LogP contribution >= 0.6 is 23.2 Å². The molecule has 29 heavy (non-hydrogen) atoms. The van der Waals surface area contributed by atoms with Crippen LogP contribution in [0.3, 0.4) is 0 Å². The number of ketones is 1. The molecule has 4 rings (SSSR count). The zero-order chi connectivity index (χ0) is 20.7. The molecule has 1 fully saturated rings. The second-order valence-corrected chi connectivity index (χ2v) is 7.40. The van der Waals surface area contributed by atoms with Gasteiger partial charge in [-0.05, 0) is 49.4 Å². The Bertz CT molecular complexity index is 1130. The van der Waals surface area contributed by atoms with Crippen LogP contribution in [0.1, 0.15) is 28.9 Å². The van der Waals surface area contributed by atoms with E-state index in [0.717, 1.165) is 0 Å². The normalized spacial score (nSPS) is 18.6. The SMILES string of the molecule is Cc1ccc(C2/C(=C(/O)c3ccc(Cl)c(Cl)c3)C(=O)C(=O)N2Cc2ccco2)o1. The number of hydrogen-bond donors (Lipinski definition) is 1. The standard InChI is InChI=1S/C21H15Cl2NO5/c1-11-4-7-16(29-11)18-17(19(25)12-5-6-14(22)15(23)9-12)20(26)21(27)24(18)10-13-3-2-8-28-13/h2-9,18,25H,10H2,1H3/b19-17-. The van der Waals surface area contributed by atoms with E-state index in [4.69, 9.17) is 32.0 Å². The van der Waals surface area contributed by atoms with Crippen LogP contribution in [-0.4, -0.2) is 21.7 Å². The third-order valence-corrected chi connectivity index (χ3v) is 5.41. The number of carbonyl (C=O) groups excluding carboxylic acids is 2. The van der Waals surface area contributed by atoms with E-state index in [2.05, 4.69) is 0 Å². The minimum Gasteiger partial charge on any atom is -0.507 e. The van der Waals surface area contributed by atoms with Crippen LogP contribution < -0.4 is 0 Å². The molecule has 0 saturated carbocycles. The van der Waals surface area contributed by atoms with Crippen molar-refractivity contribution in [3.05, 3.63) is 87.2 Å². The monoisotopic (exact) mass is 431 g/mol. The van der Waals surface area contributed by atoms with Crippen molar-refractivity contribution < 1.29 is 23.5 Å². The smallest absolute Gasteiger partial charge is 0.296 e. The summed E-state index contributed by atoms with van der Waals surface area (Å²) in [6.07, 6.45) is 1.48. The van der Waals surface area contributed by atoms with Crippen molar-refractivity contribution in [2.75, 3.05) is 0 Å². The third-order valence-electron chi connectivity index (χ3n) is 4.67. The molecule has 0 spiro atoms. The van der Waals surface area contributed by atoms with Crippen LogP contribution in [0, 0.1) is 6.92 Å². The van der Waals surface area contributed by atoms with Gasteiger partial charge in [-0.15, -0.1) is 0 Å². The third kappa shape index (κ3) is 3.45. The highest BCUT2D eigenvalue weighted by Gasteiger charge is 2.47. The number of halogens is 2. The van der Waals surface area contributed by atoms with Gasteiger partial charge in [-0.25, -0.2) is 0 Å². The summed E-state index contributed by atoms with van der Waals surface area (Å²) in [5, 5.41) is 11.4. The quantitative estimate of drug-likeness (QED) is 0.352. The molecule has 1 aliphatic rings. The van der Waals surface area contributed by atoms with Gasteiger partial charge < -0.3 is 18.8 Å². The molecular formula is C21H15Cl2NO5. The minimum absolute atomic E-state index is 0.0418. The Labute approximate surface area is 175 Å². The van der Waals surface area contributed by atoms with Crippen molar-refractivity contribution in [1.82, 2.24) is 4.90 Å². The predicted molar refractivity (Wildman–Crippen MR) is 106 cm³/mol. The van der Waals surface area contributed by atoms with E-state index >= 15 is 0 Å². The molecule has 1 saturated heterocycles. The number of furan rings is 2. The molecule has 1 N–H and O–H groups in total. The number of aliphatic hydroxyl groups is 1. The largest absolute Gasteiger partial charge is 0.507 e. The lowest BCUT2D eigenvalue weighted by Crippen LogP contribution is -2.28. The van der Waals surface area contributed by atoms with Gasteiger partial charge in [0.25, 0.3) is 11.7 Å². The molecule has 6 nitrogen and oxygen atoms in total. The molecule has 148 valence electrons. The summed E-state index contributed by atoms with van der Waals surface area (Å²) >= 11 is 12.0. The van der Waals surface area contributed by atoms with Gasteiger partial charge in [-0.2, -0.15) is 0 Å². The van der Waals surface area contributed by atoms with Crippen LogP contribution in [0.2, 0.25) is 10.0 Å². The fraction of sp³-hybridized carbons (Fsp3) is 0.143. The maximum absolute atomic E-state index is 12.9. The van der Waals surface area contributed by atoms with E-state index in [0.29, 0.717) is 22.3 Å². The maximum atomic E-state index is 12.9. The van der Waals surface area contributed by atoms with Crippen LogP contribution in [0.15, 0.2) is 63.1 Å². The van der Waals surface area contributed by atoms with E-state index < -0.39 is 17.7 Å². The fourth-order valence-corrected chi connectivity index (χ4v) is 3.61. The van der Waals surface area contributed by atoms with E-state index in [1.54, 1.807) is 31.2 Å². The molecule has 0 bridgehead atoms. The molecule has 0 radical (unpaired) electrons. The zero-order valence-corrected chi connectivity index (χ0v) is 16.7. The first-order chi connectivity index (χ1) is 13.9. The number of Topliss-reactive ketones (excluding diaryl/α,β-unsaturated/α-hetero) is 1. The highest BCUT2D eigenvalue weighted by Crippen LogP contribution is 2.41. The summed E-state index contributed by atoms with van der Waals surface area (Å²) in [6, 6.07) is 10.3. The Hall–Kier alpha value is -2.96. The van der Waals surface area contributed by atoms with Crippen molar-refractivity contribution >= 4 is 40.7 Å². The second kappa shape index (κ2) is 7.46. The van der Waals surface area contributed by atoms with Crippen molar-refractivity contribution in [2.45, 2.75) is 19.5 Å². The first kappa shape index (κ1) is 19.4. The Morgan fingerprint density at radius 3 is 2.55 bits per heavy atom. The summed E-state index contributed by atoms with van der Waals surface area (Å²) in [6.45, 7) is 1.79. The summed E-state index contributed by atoms with van der Waals surface area (Å²) in [5.74, 6) is -0.480. The van der Waals surface area contributed by atoms with Gasteiger partial charge in [0.1, 0.15) is 29.1 Å². The van der Waals surface area contributed by atoms with Gasteiger partial charge in [0.05, 0.1) is 28.4 Å². The average Bonchev–Trinajstić information content (AvgIpc) is 3.41. The number of rotatable bonds is 4. The van der Waals surface area contributed by atoms with Crippen molar-refractivity contribution in [2.24, 2.45) is 0 Å². The number of aliphatic hydroxyl groups excluding tert-OH is 1. The van der Waals surface area contributed by atoms with Crippen LogP contribution in [0.25, 0.3) is 5.76 Å². The highest BCUT2D eigenvalue weighted by molar-refractivity contribution is 6.46. The summed E-state index contributed by atoms with van der Waals surface area (Å²) in [4.78, 5) is 27.0. The Balaban J connectivity index is 1.87. The van der Waals surface area contributed by atoms with Crippen LogP contribution in [-0.2, 0) is 16.1 Å². The van der Waals surface area contributed by atoms with E-state index in [-0.39, 0.29) is 28.5 Å². The molecular weight excluding hydrogens is 417 g/mol. The Morgan fingerprint density at radius 2 is 1.93 bits per heavy atom. The molecule has 1 aromatic carbocycles. The number of amides is 1. The van der Waals surface area contributed by atoms with Crippen LogP contribution in [0.4, 0.5) is 0 Å². The molecule has 2 aromatic heterocycles. The zero-order valence-electron chi connectivity index (χ0n) is 15.2. The van der Waals surface area contributed by atoms with Gasteiger partial charge in [0, 0.05) is 5.56 Å². The fourth-order valence-electron chi connectivity index (χ4n) is 3.31. The maximum Gasteiger partial charge on any atom is 0.296 e. The summed E-state index contributed by atoms with van der Waals surface area (Å²) in [5.41, 5.74) is 0.179. The predicted octanol–water partition coefficient (Wildman–Crippen LogP) is 5.11. The van der Waals surface area contributed by atoms with Gasteiger partial charge >= 0.3 is 0 Å². The molecule has 1 amide bonds. The topological polar surface area (TPSA) is 83.9 Å². The van der Waals surface area contributed by atoms with Gasteiger partial charge in [0.2, 0.25) is 0 Å². The molecule has 0 aliphatic carbocycles. The molecule has 3 aromatic rings. The van der Waals surface area contributed by atoms with E-state index in [1.165, 1.54) is 29.4 Å². The van der Waals surface area contributed by atoms with Crippen molar-refractivity contribution in [3.63, 3.8) is 0 Å². The first-order valence-corrected chi connectivity index (χ1v) is 9.45. The van der Waals surface area contributed by atoms with Crippen LogP contribution in [0.5, 0.6) is 0 Å². The lowest BCUT2D eigenvalue weighted by atomic mass is 9.99. The lowest BCUT2D eigenvalue weighted by molar-refractivity contribution is -0.140. The van der Waals surface area contributed by atoms with Gasteiger partial charge in [0.15, 0.2) is 0 Å². The van der Waals surface area contributed by atoms with Crippen molar-refractivity contribution in [1.29, 1.82) is 0 Å². The molecule has 1 atom stereocenters. The molecule has 1 unspecified atom stereocenters. The second-order valence-electron chi connectivity index (χ2n) is 6.58. The number of carbonyl (C=O) groups is 2. The van der Waals surface area contributed by atoms with Gasteiger partial charge in [-0.3, -0.25) is 9.59 Å². The lowest BCUT2D eigenvalue weighted by Gasteiger charge is -2.22. The first-order valence-electron chi connectivity index (χ1n) is 8.69. The molecule has 1 aliphatic heterocycles. The molecule has 3 heterocycles. The summed E-state index contributed by atoms with van der Waals surface area (Å²) in [7, 11) is 0. The number of hydrogen-bond acceptors (Lipinski definition) is 5. The van der Waals surface area contributed by atoms with E-state index in [9.17, 15) is 14.7 Å². The summed E-state index contributed by atoms with van der Waals surface area (Å²) < 4.78 is 11.0.